The predicted octanol–water partition coefficient (Wildman–Crippen LogP) is 5.84. The SMILES string of the molecule is CN(C)CCCc1ccccc1S(=O)(=O)Nc1ccc2c(c1)nc(Cc1ccc(C#N)cc1)n2Cc1ccccc1. The molecule has 0 bridgehead atoms. The van der Waals surface area contributed by atoms with Crippen molar-refractivity contribution in [1.82, 2.24) is 14.5 Å². The summed E-state index contributed by atoms with van der Waals surface area (Å²) < 4.78 is 31.9. The lowest BCUT2D eigenvalue weighted by Gasteiger charge is -2.14. The van der Waals surface area contributed by atoms with Gasteiger partial charge in [0.1, 0.15) is 5.82 Å². The van der Waals surface area contributed by atoms with Crippen LogP contribution in [0.5, 0.6) is 0 Å². The third-order valence-electron chi connectivity index (χ3n) is 7.02. The van der Waals surface area contributed by atoms with E-state index in [1.54, 1.807) is 24.3 Å². The normalized spacial score (nSPS) is 11.6. The Labute approximate surface area is 241 Å². The van der Waals surface area contributed by atoms with Crippen LogP contribution in [0, 0.1) is 11.3 Å². The molecule has 208 valence electrons. The number of rotatable bonds is 11. The second-order valence-electron chi connectivity index (χ2n) is 10.4. The van der Waals surface area contributed by atoms with E-state index in [0.29, 0.717) is 41.0 Å². The minimum absolute atomic E-state index is 0.301. The highest BCUT2D eigenvalue weighted by atomic mass is 32.2. The van der Waals surface area contributed by atoms with Crippen molar-refractivity contribution < 1.29 is 8.42 Å². The van der Waals surface area contributed by atoms with Gasteiger partial charge in [-0.1, -0.05) is 60.7 Å². The first kappa shape index (κ1) is 28.1. The number of nitrogens with zero attached hydrogens (tertiary/aromatic N) is 4. The largest absolute Gasteiger partial charge is 0.323 e. The lowest BCUT2D eigenvalue weighted by atomic mass is 10.1. The Bertz CT molecular complexity index is 1790. The van der Waals surface area contributed by atoms with Crippen LogP contribution in [-0.4, -0.2) is 43.5 Å². The molecule has 0 spiro atoms. The van der Waals surface area contributed by atoms with Crippen molar-refractivity contribution in [1.29, 1.82) is 5.26 Å². The molecule has 0 radical (unpaired) electrons. The van der Waals surface area contributed by atoms with Gasteiger partial charge >= 0.3 is 0 Å². The Hall–Kier alpha value is -4.45. The molecule has 0 unspecified atom stereocenters. The highest BCUT2D eigenvalue weighted by Gasteiger charge is 2.20. The molecule has 7 nitrogen and oxygen atoms in total. The van der Waals surface area contributed by atoms with Gasteiger partial charge in [-0.05, 0) is 86.6 Å². The summed E-state index contributed by atoms with van der Waals surface area (Å²) in [7, 11) is 0.228. The number of hydrogen-bond acceptors (Lipinski definition) is 5. The Morgan fingerprint density at radius 2 is 1.63 bits per heavy atom. The number of fused-ring (bicyclic) bond motifs is 1. The molecule has 0 aliphatic heterocycles. The molecule has 1 N–H and O–H groups in total. The van der Waals surface area contributed by atoms with Crippen LogP contribution in [0.3, 0.4) is 0 Å². The van der Waals surface area contributed by atoms with Crippen LogP contribution in [0.2, 0.25) is 0 Å². The first-order valence-electron chi connectivity index (χ1n) is 13.6. The fourth-order valence-electron chi connectivity index (χ4n) is 4.97. The van der Waals surface area contributed by atoms with E-state index in [-0.39, 0.29) is 0 Å². The molecule has 0 amide bonds. The molecule has 1 heterocycles. The molecule has 0 fully saturated rings. The zero-order valence-corrected chi connectivity index (χ0v) is 24.1. The van der Waals surface area contributed by atoms with Crippen LogP contribution < -0.4 is 4.72 Å². The molecule has 5 aromatic rings. The zero-order valence-electron chi connectivity index (χ0n) is 23.3. The second kappa shape index (κ2) is 12.4. The number of imidazole rings is 1. The number of hydrogen-bond donors (Lipinski definition) is 1. The van der Waals surface area contributed by atoms with E-state index < -0.39 is 10.0 Å². The molecular formula is C33H33N5O2S. The summed E-state index contributed by atoms with van der Waals surface area (Å²) in [5.41, 5.74) is 5.70. The Morgan fingerprint density at radius 3 is 2.37 bits per heavy atom. The van der Waals surface area contributed by atoms with E-state index in [2.05, 4.69) is 32.4 Å². The number of benzene rings is 4. The van der Waals surface area contributed by atoms with Crippen LogP contribution in [0.15, 0.2) is 102 Å². The number of nitrogens with one attached hydrogen (secondary N) is 1. The first-order valence-corrected chi connectivity index (χ1v) is 15.1. The molecule has 0 aliphatic carbocycles. The molecular weight excluding hydrogens is 530 g/mol. The van der Waals surface area contributed by atoms with Gasteiger partial charge < -0.3 is 9.47 Å². The average molecular weight is 564 g/mol. The molecule has 8 heteroatoms. The number of sulfonamides is 1. The quantitative estimate of drug-likeness (QED) is 0.218. The van der Waals surface area contributed by atoms with Crippen LogP contribution in [0.4, 0.5) is 5.69 Å². The Balaban J connectivity index is 1.46. The zero-order chi connectivity index (χ0) is 28.8. The third kappa shape index (κ3) is 6.83. The topological polar surface area (TPSA) is 91.0 Å². The molecule has 41 heavy (non-hydrogen) atoms. The van der Waals surface area contributed by atoms with E-state index in [0.717, 1.165) is 41.0 Å². The van der Waals surface area contributed by atoms with E-state index >= 15 is 0 Å². The predicted molar refractivity (Wildman–Crippen MR) is 163 cm³/mol. The summed E-state index contributed by atoms with van der Waals surface area (Å²) in [5, 5.41) is 9.16. The molecule has 0 aliphatic rings. The van der Waals surface area contributed by atoms with Gasteiger partial charge in [-0.15, -0.1) is 0 Å². The number of anilines is 1. The maximum atomic E-state index is 13.5. The monoisotopic (exact) mass is 563 g/mol. The van der Waals surface area contributed by atoms with Crippen LogP contribution in [-0.2, 0) is 29.4 Å². The van der Waals surface area contributed by atoms with Gasteiger partial charge in [-0.25, -0.2) is 13.4 Å². The van der Waals surface area contributed by atoms with Gasteiger partial charge in [0.05, 0.1) is 33.2 Å². The summed E-state index contributed by atoms with van der Waals surface area (Å²) in [4.78, 5) is 7.34. The number of aromatic nitrogens is 2. The molecule has 5 rings (SSSR count). The van der Waals surface area contributed by atoms with Gasteiger partial charge in [0.15, 0.2) is 0 Å². The highest BCUT2D eigenvalue weighted by molar-refractivity contribution is 7.92. The molecule has 4 aromatic carbocycles. The fourth-order valence-corrected chi connectivity index (χ4v) is 6.29. The van der Waals surface area contributed by atoms with Gasteiger partial charge in [-0.2, -0.15) is 5.26 Å². The van der Waals surface area contributed by atoms with Crippen LogP contribution >= 0.6 is 0 Å². The summed E-state index contributed by atoms with van der Waals surface area (Å²) in [6.45, 7) is 1.52. The lowest BCUT2D eigenvalue weighted by molar-refractivity contribution is 0.400. The molecule has 0 saturated heterocycles. The minimum Gasteiger partial charge on any atom is -0.323 e. The van der Waals surface area contributed by atoms with Crippen molar-refractivity contribution in [2.75, 3.05) is 25.4 Å². The maximum Gasteiger partial charge on any atom is 0.262 e. The minimum atomic E-state index is -3.79. The van der Waals surface area contributed by atoms with Gasteiger partial charge in [0, 0.05) is 13.0 Å². The number of nitriles is 1. The first-order chi connectivity index (χ1) is 19.8. The van der Waals surface area contributed by atoms with E-state index in [4.69, 9.17) is 10.2 Å². The van der Waals surface area contributed by atoms with Gasteiger partial charge in [0.2, 0.25) is 0 Å². The van der Waals surface area contributed by atoms with Crippen LogP contribution in [0.25, 0.3) is 11.0 Å². The Kier molecular flexibility index (Phi) is 8.48. The third-order valence-corrected chi connectivity index (χ3v) is 8.50. The lowest BCUT2D eigenvalue weighted by Crippen LogP contribution is -2.17. The average Bonchev–Trinajstić information content (AvgIpc) is 3.29. The van der Waals surface area contributed by atoms with Crippen molar-refractivity contribution in [3.05, 3.63) is 125 Å². The molecule has 1 aromatic heterocycles. The van der Waals surface area contributed by atoms with Crippen molar-refractivity contribution in [3.63, 3.8) is 0 Å². The van der Waals surface area contributed by atoms with E-state index in [1.165, 1.54) is 0 Å². The standard InChI is InChI=1S/C33H33N5O2S/c1-37(2)20-8-12-28-11-6-7-13-32(28)41(39,40)36-29-18-19-31-30(22-29)35-33(21-25-14-16-26(23-34)17-15-25)38(31)24-27-9-4-3-5-10-27/h3-7,9-11,13-19,22,36H,8,12,20-21,24H2,1-2H3. The van der Waals surface area contributed by atoms with Gasteiger partial charge in [-0.3, -0.25) is 4.72 Å². The second-order valence-corrected chi connectivity index (χ2v) is 12.1. The van der Waals surface area contributed by atoms with Crippen LogP contribution in [0.1, 0.15) is 34.5 Å². The van der Waals surface area contributed by atoms with Crippen molar-refractivity contribution >= 4 is 26.7 Å². The van der Waals surface area contributed by atoms with Crippen molar-refractivity contribution in [3.8, 4) is 6.07 Å². The highest BCUT2D eigenvalue weighted by Crippen LogP contribution is 2.26. The summed E-state index contributed by atoms with van der Waals surface area (Å²) in [6, 6.07) is 32.5. The summed E-state index contributed by atoms with van der Waals surface area (Å²) >= 11 is 0. The smallest absolute Gasteiger partial charge is 0.262 e. The number of aryl methyl sites for hydroxylation is 1. The van der Waals surface area contributed by atoms with Crippen molar-refractivity contribution in [2.45, 2.75) is 30.7 Å². The van der Waals surface area contributed by atoms with Gasteiger partial charge in [0.25, 0.3) is 10.0 Å². The van der Waals surface area contributed by atoms with E-state index in [9.17, 15) is 8.42 Å². The van der Waals surface area contributed by atoms with E-state index in [1.807, 2.05) is 74.8 Å². The van der Waals surface area contributed by atoms with Crippen molar-refractivity contribution in [2.24, 2.45) is 0 Å². The Morgan fingerprint density at radius 1 is 0.902 bits per heavy atom. The molecule has 0 saturated carbocycles. The summed E-state index contributed by atoms with van der Waals surface area (Å²) in [5.74, 6) is 0.861. The maximum absolute atomic E-state index is 13.5. The molecule has 0 atom stereocenters. The fraction of sp³-hybridized carbons (Fsp3) is 0.212. The summed E-state index contributed by atoms with van der Waals surface area (Å²) in [6.07, 6.45) is 2.12.